The molecule has 0 aliphatic carbocycles. The third-order valence-corrected chi connectivity index (χ3v) is 6.31. The smallest absolute Gasteiger partial charge is 0.340 e. The number of amides is 2. The predicted molar refractivity (Wildman–Crippen MR) is 117 cm³/mol. The lowest BCUT2D eigenvalue weighted by Crippen LogP contribution is -2.38. The maximum Gasteiger partial charge on any atom is 0.340 e. The van der Waals surface area contributed by atoms with Crippen molar-refractivity contribution in [1.82, 2.24) is 10.2 Å². The monoisotopic (exact) mass is 462 g/mol. The van der Waals surface area contributed by atoms with Gasteiger partial charge in [0.1, 0.15) is 16.4 Å². The maximum absolute atomic E-state index is 12.8. The van der Waals surface area contributed by atoms with E-state index in [2.05, 4.69) is 5.32 Å². The number of carbonyl (C=O) groups excluding carboxylic acids is 1. The summed E-state index contributed by atoms with van der Waals surface area (Å²) >= 11 is 6.09. The molecule has 1 N–H and O–H groups in total. The molecular weight excluding hydrogens is 440 g/mol. The molecule has 0 bridgehead atoms. The summed E-state index contributed by atoms with van der Waals surface area (Å²) in [5.74, 6) is 0.765. The molecule has 2 amide bonds. The van der Waals surface area contributed by atoms with E-state index < -0.39 is 10.1 Å². The van der Waals surface area contributed by atoms with Gasteiger partial charge in [-0.05, 0) is 55.3 Å². The van der Waals surface area contributed by atoms with E-state index in [0.29, 0.717) is 23.4 Å². The topological polar surface area (TPSA) is 88.9 Å². The van der Waals surface area contributed by atoms with Gasteiger partial charge in [-0.25, -0.2) is 4.79 Å². The van der Waals surface area contributed by atoms with Crippen LogP contribution in [0.4, 0.5) is 4.79 Å². The van der Waals surface area contributed by atoms with Crippen LogP contribution in [0, 0.1) is 6.92 Å². The highest BCUT2D eigenvalue weighted by molar-refractivity contribution is 7.87. The second-order valence-electron chi connectivity index (χ2n) is 6.84. The number of rotatable bonds is 8. The van der Waals surface area contributed by atoms with Gasteiger partial charge in [0, 0.05) is 13.1 Å². The highest BCUT2D eigenvalue weighted by atomic mass is 35.5. The van der Waals surface area contributed by atoms with Crippen molar-refractivity contribution in [3.05, 3.63) is 82.8 Å². The Bertz CT molecular complexity index is 1130. The molecule has 3 rings (SSSR count). The SMILES string of the molecule is CCNC(=O)N(Cc1cccc(OS(=O)(=O)c2c(C)cccc2Cl)c1)Cc1ccco1. The zero-order chi connectivity index (χ0) is 22.4. The zero-order valence-electron chi connectivity index (χ0n) is 17.2. The van der Waals surface area contributed by atoms with Crippen LogP contribution in [0.15, 0.2) is 70.2 Å². The van der Waals surface area contributed by atoms with Crippen molar-refractivity contribution in [3.8, 4) is 5.75 Å². The van der Waals surface area contributed by atoms with Crippen LogP contribution in [0.5, 0.6) is 5.75 Å². The number of halogens is 1. The fourth-order valence-corrected chi connectivity index (χ4v) is 4.79. The number of benzene rings is 2. The van der Waals surface area contributed by atoms with Gasteiger partial charge < -0.3 is 18.8 Å². The second-order valence-corrected chi connectivity index (χ2v) is 8.73. The fraction of sp³-hybridized carbons (Fsp3) is 0.227. The van der Waals surface area contributed by atoms with Crippen molar-refractivity contribution in [2.75, 3.05) is 6.54 Å². The van der Waals surface area contributed by atoms with E-state index in [1.54, 1.807) is 60.6 Å². The summed E-state index contributed by atoms with van der Waals surface area (Å²) in [5.41, 5.74) is 1.19. The number of hydrogen-bond acceptors (Lipinski definition) is 5. The summed E-state index contributed by atoms with van der Waals surface area (Å²) in [6.45, 7) is 4.46. The van der Waals surface area contributed by atoms with Gasteiger partial charge in [-0.15, -0.1) is 0 Å². The molecule has 0 spiro atoms. The van der Waals surface area contributed by atoms with Gasteiger partial charge in [0.2, 0.25) is 0 Å². The highest BCUT2D eigenvalue weighted by Crippen LogP contribution is 2.28. The minimum atomic E-state index is -4.13. The molecule has 3 aromatic rings. The number of urea groups is 1. The first-order valence-electron chi connectivity index (χ1n) is 9.64. The van der Waals surface area contributed by atoms with Crippen LogP contribution in [-0.4, -0.2) is 25.9 Å². The van der Waals surface area contributed by atoms with Crippen LogP contribution in [0.2, 0.25) is 5.02 Å². The summed E-state index contributed by atoms with van der Waals surface area (Å²) < 4.78 is 36.3. The van der Waals surface area contributed by atoms with Crippen molar-refractivity contribution in [2.24, 2.45) is 0 Å². The Kier molecular flexibility index (Phi) is 7.25. The Morgan fingerprint density at radius 1 is 1.13 bits per heavy atom. The molecule has 1 heterocycles. The van der Waals surface area contributed by atoms with Crippen molar-refractivity contribution >= 4 is 27.8 Å². The van der Waals surface area contributed by atoms with E-state index in [9.17, 15) is 13.2 Å². The summed E-state index contributed by atoms with van der Waals surface area (Å²) in [6.07, 6.45) is 1.54. The molecule has 0 atom stereocenters. The highest BCUT2D eigenvalue weighted by Gasteiger charge is 2.23. The van der Waals surface area contributed by atoms with Gasteiger partial charge in [-0.1, -0.05) is 35.9 Å². The first-order valence-corrected chi connectivity index (χ1v) is 11.4. The van der Waals surface area contributed by atoms with Crippen molar-refractivity contribution in [1.29, 1.82) is 0 Å². The van der Waals surface area contributed by atoms with Crippen LogP contribution in [-0.2, 0) is 23.2 Å². The summed E-state index contributed by atoms with van der Waals surface area (Å²) in [5, 5.41) is 2.86. The standard InChI is InChI=1S/C22H23ClN2O5S/c1-3-24-22(26)25(15-19-10-6-12-29-19)14-17-8-5-9-18(13-17)30-31(27,28)21-16(2)7-4-11-20(21)23/h4-13H,3,14-15H2,1-2H3,(H,24,26). The van der Waals surface area contributed by atoms with Crippen molar-refractivity contribution < 1.29 is 21.8 Å². The predicted octanol–water partition coefficient (Wildman–Crippen LogP) is 4.74. The molecule has 31 heavy (non-hydrogen) atoms. The van der Waals surface area contributed by atoms with Gasteiger partial charge in [-0.3, -0.25) is 0 Å². The summed E-state index contributed by atoms with van der Waals surface area (Å²) in [4.78, 5) is 14.0. The molecule has 2 aromatic carbocycles. The maximum atomic E-state index is 12.8. The largest absolute Gasteiger partial charge is 0.467 e. The number of furan rings is 1. The quantitative estimate of drug-likeness (QED) is 0.488. The Labute approximate surface area is 186 Å². The molecule has 0 aliphatic heterocycles. The molecule has 9 heteroatoms. The number of nitrogens with one attached hydrogen (secondary N) is 1. The first-order chi connectivity index (χ1) is 14.8. The van der Waals surface area contributed by atoms with E-state index in [0.717, 1.165) is 0 Å². The minimum absolute atomic E-state index is 0.0659. The molecule has 0 saturated carbocycles. The molecule has 0 aliphatic rings. The summed E-state index contributed by atoms with van der Waals surface area (Å²) in [6, 6.07) is 14.7. The Morgan fingerprint density at radius 2 is 1.90 bits per heavy atom. The van der Waals surface area contributed by atoms with E-state index in [1.807, 2.05) is 6.92 Å². The van der Waals surface area contributed by atoms with Gasteiger partial charge in [0.05, 0.1) is 17.8 Å². The number of carbonyl (C=O) groups is 1. The molecule has 0 unspecified atom stereocenters. The molecule has 0 radical (unpaired) electrons. The average Bonchev–Trinajstić information content (AvgIpc) is 3.20. The fourth-order valence-electron chi connectivity index (χ4n) is 3.07. The molecule has 0 saturated heterocycles. The Morgan fingerprint density at radius 3 is 2.58 bits per heavy atom. The number of nitrogens with zero attached hydrogens (tertiary/aromatic N) is 1. The lowest BCUT2D eigenvalue weighted by molar-refractivity contribution is 0.188. The van der Waals surface area contributed by atoms with E-state index in [1.165, 1.54) is 12.1 Å². The van der Waals surface area contributed by atoms with Gasteiger partial charge in [-0.2, -0.15) is 8.42 Å². The summed E-state index contributed by atoms with van der Waals surface area (Å²) in [7, 11) is -4.13. The van der Waals surface area contributed by atoms with E-state index >= 15 is 0 Å². The first kappa shape index (κ1) is 22.7. The van der Waals surface area contributed by atoms with Crippen molar-refractivity contribution in [2.45, 2.75) is 31.8 Å². The Hall–Kier alpha value is -2.97. The number of aryl methyl sites for hydroxylation is 1. The van der Waals surface area contributed by atoms with Gasteiger partial charge >= 0.3 is 16.1 Å². The van der Waals surface area contributed by atoms with Crippen LogP contribution in [0.3, 0.4) is 0 Å². The minimum Gasteiger partial charge on any atom is -0.467 e. The van der Waals surface area contributed by atoms with Crippen LogP contribution in [0.25, 0.3) is 0 Å². The Balaban J connectivity index is 1.82. The average molecular weight is 463 g/mol. The molecule has 0 fully saturated rings. The lowest BCUT2D eigenvalue weighted by Gasteiger charge is -2.22. The second kappa shape index (κ2) is 9.89. The zero-order valence-corrected chi connectivity index (χ0v) is 18.7. The molecule has 164 valence electrons. The molecule has 7 nitrogen and oxygen atoms in total. The van der Waals surface area contributed by atoms with Crippen molar-refractivity contribution in [3.63, 3.8) is 0 Å². The normalized spacial score (nSPS) is 11.2. The van der Waals surface area contributed by atoms with E-state index in [-0.39, 0.29) is 34.8 Å². The number of hydrogen-bond donors (Lipinski definition) is 1. The lowest BCUT2D eigenvalue weighted by atomic mass is 10.2. The van der Waals surface area contributed by atoms with E-state index in [4.69, 9.17) is 20.2 Å². The van der Waals surface area contributed by atoms with Crippen LogP contribution < -0.4 is 9.50 Å². The third-order valence-electron chi connectivity index (χ3n) is 4.43. The third kappa shape index (κ3) is 5.80. The van der Waals surface area contributed by atoms with Crippen LogP contribution in [0.1, 0.15) is 23.8 Å². The van der Waals surface area contributed by atoms with Gasteiger partial charge in [0.15, 0.2) is 0 Å². The molecule has 1 aromatic heterocycles. The molecular formula is C22H23ClN2O5S. The van der Waals surface area contributed by atoms with Crippen LogP contribution >= 0.6 is 11.6 Å². The van der Waals surface area contributed by atoms with Gasteiger partial charge in [0.25, 0.3) is 0 Å².